The number of carbonyl (C=O) groups is 4. The van der Waals surface area contributed by atoms with Crippen molar-refractivity contribution < 1.29 is 28.7 Å². The molecule has 0 aliphatic carbocycles. The molecular formula is C21H22N2O6S. The molecule has 0 radical (unpaired) electrons. The van der Waals surface area contributed by atoms with E-state index in [4.69, 9.17) is 9.47 Å². The molecular weight excluding hydrogens is 408 g/mol. The summed E-state index contributed by atoms with van der Waals surface area (Å²) in [4.78, 5) is 53.5. The van der Waals surface area contributed by atoms with E-state index in [0.717, 1.165) is 17.7 Å². The lowest BCUT2D eigenvalue weighted by Gasteiger charge is -2.51. The monoisotopic (exact) mass is 430 g/mol. The van der Waals surface area contributed by atoms with Crippen LogP contribution in [0.2, 0.25) is 0 Å². The van der Waals surface area contributed by atoms with Crippen LogP contribution in [-0.2, 0) is 19.1 Å². The first-order chi connectivity index (χ1) is 14.5. The van der Waals surface area contributed by atoms with Gasteiger partial charge in [0.1, 0.15) is 17.1 Å². The molecule has 0 saturated carbocycles. The lowest BCUT2D eigenvalue weighted by Crippen LogP contribution is -2.71. The first kappa shape index (κ1) is 20.6. The fourth-order valence-electron chi connectivity index (χ4n) is 3.87. The number of thioether (sulfide) groups is 1. The number of hydrogen-bond acceptors (Lipinski definition) is 7. The Hall–Kier alpha value is -2.65. The Kier molecular flexibility index (Phi) is 5.66. The van der Waals surface area contributed by atoms with Gasteiger partial charge in [-0.25, -0.2) is 4.79 Å². The van der Waals surface area contributed by atoms with Gasteiger partial charge in [-0.1, -0.05) is 25.5 Å². The van der Waals surface area contributed by atoms with Crippen LogP contribution >= 0.6 is 11.8 Å². The number of hydrogen-bond donors (Lipinski definition) is 0. The lowest BCUT2D eigenvalue weighted by molar-refractivity contribution is -0.153. The fraction of sp³-hybridized carbons (Fsp3) is 0.429. The number of carbonyl (C=O) groups excluding carboxylic acids is 4. The molecule has 0 bridgehead atoms. The topological polar surface area (TPSA) is 93.2 Å². The van der Waals surface area contributed by atoms with E-state index in [1.165, 1.54) is 23.8 Å². The van der Waals surface area contributed by atoms with Crippen molar-refractivity contribution in [3.05, 3.63) is 46.7 Å². The van der Waals surface area contributed by atoms with Gasteiger partial charge in [-0.2, -0.15) is 0 Å². The highest BCUT2D eigenvalue weighted by Gasteiger charge is 2.60. The second-order valence-electron chi connectivity index (χ2n) is 7.23. The van der Waals surface area contributed by atoms with E-state index < -0.39 is 35.1 Å². The molecule has 1 unspecified atom stereocenters. The van der Waals surface area contributed by atoms with Gasteiger partial charge in [-0.3, -0.25) is 24.2 Å². The van der Waals surface area contributed by atoms with Crippen molar-refractivity contribution in [2.75, 3.05) is 26.1 Å². The van der Waals surface area contributed by atoms with Gasteiger partial charge in [0, 0.05) is 12.4 Å². The van der Waals surface area contributed by atoms with Crippen molar-refractivity contribution in [3.8, 4) is 0 Å². The largest absolute Gasteiger partial charge is 0.464 e. The average Bonchev–Trinajstić information content (AvgIpc) is 3.01. The second kappa shape index (κ2) is 8.23. The van der Waals surface area contributed by atoms with Crippen molar-refractivity contribution in [3.63, 3.8) is 0 Å². The summed E-state index contributed by atoms with van der Waals surface area (Å²) in [5.74, 6) is -1.60. The van der Waals surface area contributed by atoms with Crippen molar-refractivity contribution in [2.24, 2.45) is 0 Å². The van der Waals surface area contributed by atoms with Gasteiger partial charge in [-0.05, 0) is 24.1 Å². The van der Waals surface area contributed by atoms with E-state index in [0.29, 0.717) is 29.1 Å². The maximum absolute atomic E-state index is 13.1. The van der Waals surface area contributed by atoms with Crippen molar-refractivity contribution >= 4 is 35.5 Å². The fourth-order valence-corrected chi connectivity index (χ4v) is 5.24. The molecule has 8 nitrogen and oxygen atoms in total. The van der Waals surface area contributed by atoms with E-state index in [9.17, 15) is 19.2 Å². The van der Waals surface area contributed by atoms with Gasteiger partial charge in [0.25, 0.3) is 17.7 Å². The van der Waals surface area contributed by atoms with Crippen LogP contribution in [0.5, 0.6) is 0 Å². The molecule has 9 heteroatoms. The highest BCUT2D eigenvalue weighted by atomic mass is 32.2. The highest BCUT2D eigenvalue weighted by molar-refractivity contribution is 8.00. The number of unbranched alkanes of at least 4 members (excludes halogenated alkanes) is 1. The summed E-state index contributed by atoms with van der Waals surface area (Å²) in [6.07, 6.45) is 1.90. The van der Waals surface area contributed by atoms with Crippen molar-refractivity contribution in [2.45, 2.75) is 31.2 Å². The smallest absolute Gasteiger partial charge is 0.354 e. The van der Waals surface area contributed by atoms with Crippen LogP contribution in [-0.4, -0.2) is 71.0 Å². The zero-order valence-electron chi connectivity index (χ0n) is 16.8. The van der Waals surface area contributed by atoms with Crippen LogP contribution in [0.25, 0.3) is 0 Å². The van der Waals surface area contributed by atoms with E-state index in [-0.39, 0.29) is 12.3 Å². The molecule has 3 amide bonds. The standard InChI is InChI=1S/C21H22N2O6S/c1-3-4-9-29-10-12-11-30-20-16(19(26)23(20)15(12)21(27)28-2)22-17(24)13-7-5-6-8-14(13)18(22)25/h5-8,16,20H,3-4,9-11H2,1-2H3/t16?,20-/m1/s1. The summed E-state index contributed by atoms with van der Waals surface area (Å²) in [7, 11) is 1.26. The van der Waals surface area contributed by atoms with Crippen LogP contribution in [0.15, 0.2) is 35.5 Å². The minimum atomic E-state index is -0.940. The zero-order chi connectivity index (χ0) is 21.4. The third-order valence-corrected chi connectivity index (χ3v) is 6.75. The molecule has 1 saturated heterocycles. The van der Waals surface area contributed by atoms with Crippen LogP contribution in [0.4, 0.5) is 0 Å². The van der Waals surface area contributed by atoms with Crippen LogP contribution in [0.1, 0.15) is 40.5 Å². The minimum Gasteiger partial charge on any atom is -0.464 e. The molecule has 3 heterocycles. The van der Waals surface area contributed by atoms with Gasteiger partial charge < -0.3 is 9.47 Å². The Morgan fingerprint density at radius 3 is 2.40 bits per heavy atom. The van der Waals surface area contributed by atoms with Gasteiger partial charge >= 0.3 is 5.97 Å². The molecule has 1 aromatic rings. The summed E-state index contributed by atoms with van der Waals surface area (Å²) in [5, 5.41) is -0.520. The lowest BCUT2D eigenvalue weighted by atomic mass is 10.0. The van der Waals surface area contributed by atoms with Gasteiger partial charge in [-0.15, -0.1) is 11.8 Å². The number of rotatable bonds is 7. The SMILES string of the molecule is CCCCOCC1=C(C(=O)OC)N2C(=O)C(N3C(=O)c4ccccc4C3=O)[C@H]2SC1. The number of imide groups is 1. The van der Waals surface area contributed by atoms with Crippen molar-refractivity contribution in [1.82, 2.24) is 9.80 Å². The number of amides is 3. The quantitative estimate of drug-likeness (QED) is 0.282. The zero-order valence-corrected chi connectivity index (χ0v) is 17.6. The van der Waals surface area contributed by atoms with Gasteiger partial charge in [0.05, 0.1) is 24.8 Å². The number of methoxy groups -OCH3 is 1. The number of ether oxygens (including phenoxy) is 2. The molecule has 4 rings (SSSR count). The Bertz CT molecular complexity index is 924. The Morgan fingerprint density at radius 2 is 1.80 bits per heavy atom. The summed E-state index contributed by atoms with van der Waals surface area (Å²) < 4.78 is 10.5. The summed E-state index contributed by atoms with van der Waals surface area (Å²) >= 11 is 1.41. The average molecular weight is 430 g/mol. The van der Waals surface area contributed by atoms with Gasteiger partial charge in [0.2, 0.25) is 0 Å². The predicted octanol–water partition coefficient (Wildman–Crippen LogP) is 1.81. The normalized spacial score (nSPS) is 22.8. The predicted molar refractivity (Wildman–Crippen MR) is 109 cm³/mol. The van der Waals surface area contributed by atoms with Crippen molar-refractivity contribution in [1.29, 1.82) is 0 Å². The molecule has 30 heavy (non-hydrogen) atoms. The summed E-state index contributed by atoms with van der Waals surface area (Å²) in [6.45, 7) is 2.85. The third-order valence-electron chi connectivity index (χ3n) is 5.42. The number of esters is 1. The number of benzene rings is 1. The Balaban J connectivity index is 1.59. The molecule has 0 N–H and O–H groups in total. The van der Waals surface area contributed by atoms with E-state index >= 15 is 0 Å². The molecule has 3 aliphatic heterocycles. The first-order valence-electron chi connectivity index (χ1n) is 9.80. The maximum Gasteiger partial charge on any atom is 0.354 e. The van der Waals surface area contributed by atoms with Crippen LogP contribution in [0, 0.1) is 0 Å². The second-order valence-corrected chi connectivity index (χ2v) is 8.34. The van der Waals surface area contributed by atoms with Gasteiger partial charge in [0.15, 0.2) is 0 Å². The Morgan fingerprint density at radius 1 is 1.13 bits per heavy atom. The van der Waals surface area contributed by atoms with Crippen LogP contribution in [0.3, 0.4) is 0 Å². The molecule has 3 aliphatic rings. The molecule has 0 aromatic heterocycles. The molecule has 2 atom stereocenters. The molecule has 0 spiro atoms. The summed E-state index contributed by atoms with van der Waals surface area (Å²) in [5.41, 5.74) is 1.43. The molecule has 1 fully saturated rings. The first-order valence-corrected chi connectivity index (χ1v) is 10.9. The molecule has 1 aromatic carbocycles. The number of β-lactam (4-membered cyclic amide) rings is 1. The van der Waals surface area contributed by atoms with E-state index in [1.54, 1.807) is 24.3 Å². The summed E-state index contributed by atoms with van der Waals surface area (Å²) in [6, 6.07) is 5.58. The van der Waals surface area contributed by atoms with E-state index in [1.807, 2.05) is 0 Å². The Labute approximate surface area is 178 Å². The maximum atomic E-state index is 13.1. The molecule has 158 valence electrons. The number of nitrogens with zero attached hydrogens (tertiary/aromatic N) is 2. The minimum absolute atomic E-state index is 0.163. The highest BCUT2D eigenvalue weighted by Crippen LogP contribution is 2.44. The third kappa shape index (κ3) is 3.13. The van der Waals surface area contributed by atoms with E-state index in [2.05, 4.69) is 6.92 Å². The van der Waals surface area contributed by atoms with Crippen LogP contribution < -0.4 is 0 Å². The number of fused-ring (bicyclic) bond motifs is 2.